The summed E-state index contributed by atoms with van der Waals surface area (Å²) in [6, 6.07) is 20.3. The molecule has 4 rings (SSSR count). The van der Waals surface area contributed by atoms with Crippen molar-refractivity contribution in [2.45, 2.75) is 9.79 Å². The van der Waals surface area contributed by atoms with Gasteiger partial charge < -0.3 is 0 Å². The fourth-order valence-corrected chi connectivity index (χ4v) is 5.63. The van der Waals surface area contributed by atoms with Crippen molar-refractivity contribution in [3.05, 3.63) is 81.7 Å². The topological polar surface area (TPSA) is 88.5 Å². The van der Waals surface area contributed by atoms with Gasteiger partial charge in [0.2, 0.25) is 0 Å². The van der Waals surface area contributed by atoms with E-state index in [4.69, 9.17) is 16.6 Å². The van der Waals surface area contributed by atoms with Gasteiger partial charge in [0.05, 0.1) is 13.4 Å². The Kier molecular flexibility index (Phi) is 8.65. The number of fused-ring (bicyclic) bond motifs is 2. The smallest absolute Gasteiger partial charge is 0.282 e. The lowest BCUT2D eigenvalue weighted by Gasteiger charge is -2.04. The molecule has 32 heavy (non-hydrogen) atoms. The molecule has 4 aromatic rings. The second kappa shape index (κ2) is 11.0. The normalized spacial score (nSPS) is 11.7. The third-order valence-corrected chi connectivity index (χ3v) is 7.88. The third-order valence-electron chi connectivity index (χ3n) is 4.20. The highest BCUT2D eigenvalue weighted by Gasteiger charge is 2.15. The highest BCUT2D eigenvalue weighted by molar-refractivity contribution is 9.11. The summed E-state index contributed by atoms with van der Waals surface area (Å²) >= 11 is 6.68. The summed E-state index contributed by atoms with van der Waals surface area (Å²) < 4.78 is 71.0. The van der Waals surface area contributed by atoms with Gasteiger partial charge in [0.25, 0.3) is 19.2 Å². The van der Waals surface area contributed by atoms with Gasteiger partial charge in [-0.05, 0) is 35.0 Å². The van der Waals surface area contributed by atoms with Crippen LogP contribution < -0.4 is 0 Å². The van der Waals surface area contributed by atoms with Gasteiger partial charge in [-0.15, -0.1) is 0 Å². The Bertz CT molecular complexity index is 1390. The van der Waals surface area contributed by atoms with Crippen molar-refractivity contribution >= 4 is 83.3 Å². The second-order valence-corrected chi connectivity index (χ2v) is 11.7. The largest absolute Gasteiger partial charge is 0.295 e. The number of hydrogen-bond acceptors (Lipinski definition) is 4. The molecule has 170 valence electrons. The minimum absolute atomic E-state index is 0.0682. The molecule has 0 fully saturated rings. The molecule has 11 heteroatoms. The van der Waals surface area contributed by atoms with Gasteiger partial charge in [0.15, 0.2) is 0 Å². The van der Waals surface area contributed by atoms with Crippen LogP contribution in [-0.4, -0.2) is 28.5 Å². The molecule has 5 nitrogen and oxygen atoms in total. The van der Waals surface area contributed by atoms with Gasteiger partial charge in [-0.3, -0.25) is 8.94 Å². The molecule has 0 saturated carbocycles. The number of benzene rings is 4. The molecule has 0 aliphatic carbocycles. The Labute approximate surface area is 208 Å². The number of halogens is 4. The molecule has 0 unspecified atom stereocenters. The lowest BCUT2D eigenvalue weighted by atomic mass is 10.1. The molecule has 4 aromatic carbocycles. The average molecular weight is 628 g/mol. The molecule has 0 radical (unpaired) electrons. The summed E-state index contributed by atoms with van der Waals surface area (Å²) in [7, 11) is -3.52. The molecule has 0 aromatic heterocycles. The van der Waals surface area contributed by atoms with Crippen LogP contribution in [0.15, 0.2) is 91.5 Å². The van der Waals surface area contributed by atoms with E-state index < -0.39 is 26.3 Å². The van der Waals surface area contributed by atoms with Crippen molar-refractivity contribution in [1.29, 1.82) is 0 Å². The first-order valence-electron chi connectivity index (χ1n) is 9.24. The van der Waals surface area contributed by atoms with E-state index in [0.29, 0.717) is 10.8 Å². The summed E-state index contributed by atoms with van der Waals surface area (Å²) in [4.78, 5) is 0.0734. The molecule has 0 bridgehead atoms. The maximum atomic E-state index is 11.3. The van der Waals surface area contributed by atoms with E-state index in [2.05, 4.69) is 31.9 Å². The first-order valence-corrected chi connectivity index (χ1v) is 13.9. The van der Waals surface area contributed by atoms with E-state index in [1.54, 1.807) is 48.5 Å². The van der Waals surface area contributed by atoms with Crippen molar-refractivity contribution in [2.24, 2.45) is 0 Å². The van der Waals surface area contributed by atoms with E-state index in [0.717, 1.165) is 19.7 Å². The minimum atomic E-state index is -4.17. The first kappa shape index (κ1) is 25.1. The van der Waals surface area contributed by atoms with Gasteiger partial charge in [0.1, 0.15) is 4.90 Å². The molecule has 0 saturated heterocycles. The standard InChI is InChI=1S/C10H6BrClO2S.C10H7BrO3S.CH3F/c2*11-9-5-6-10(15(12,13)14)8-4-2-1-3-7(8)9;1-2/h1-6H;1-6H,(H,12,13,14);1H3/i;;1D. The monoisotopic (exact) mass is 625 g/mol. The fourth-order valence-electron chi connectivity index (χ4n) is 2.91. The van der Waals surface area contributed by atoms with Crippen molar-refractivity contribution in [3.63, 3.8) is 0 Å². The predicted molar refractivity (Wildman–Crippen MR) is 133 cm³/mol. The molecule has 0 aliphatic rings. The zero-order chi connectivity index (χ0) is 24.8. The molecule has 0 atom stereocenters. The Morgan fingerprint density at radius 1 is 0.750 bits per heavy atom. The Morgan fingerprint density at radius 2 is 1.09 bits per heavy atom. The van der Waals surface area contributed by atoms with Gasteiger partial charge >= 0.3 is 0 Å². The molecule has 0 spiro atoms. The zero-order valence-electron chi connectivity index (χ0n) is 17.0. The van der Waals surface area contributed by atoms with Gasteiger partial charge in [-0.25, -0.2) is 8.42 Å². The van der Waals surface area contributed by atoms with Gasteiger partial charge in [-0.1, -0.05) is 80.4 Å². The Hall–Kier alpha value is -1.56. The van der Waals surface area contributed by atoms with Crippen molar-refractivity contribution in [3.8, 4) is 0 Å². The second-order valence-electron chi connectivity index (χ2n) is 6.10. The lowest BCUT2D eigenvalue weighted by Crippen LogP contribution is -1.98. The fraction of sp³-hybridized carbons (Fsp3) is 0.0476. The summed E-state index contributed by atoms with van der Waals surface area (Å²) in [6.45, 7) is 0. The number of alkyl halides is 1. The SMILES string of the molecule is O=S(=O)(Cl)c1ccc(Br)c2ccccc12.O=S(=O)(O)c1ccc(Br)c2ccccc12.[2H]CF. The minimum Gasteiger partial charge on any atom is -0.282 e. The summed E-state index contributed by atoms with van der Waals surface area (Å²) in [6.07, 6.45) is 0. The van der Waals surface area contributed by atoms with Crippen LogP contribution in [0, 0.1) is 0 Å². The molecular formula is C21H16Br2ClFO5S2. The number of hydrogen-bond donors (Lipinski definition) is 1. The van der Waals surface area contributed by atoms with Crippen LogP contribution in [0.3, 0.4) is 0 Å². The maximum absolute atomic E-state index is 11.3. The van der Waals surface area contributed by atoms with E-state index >= 15 is 0 Å². The molecule has 1 N–H and O–H groups in total. The Morgan fingerprint density at radius 3 is 1.47 bits per heavy atom. The van der Waals surface area contributed by atoms with Crippen molar-refractivity contribution in [1.82, 2.24) is 0 Å². The highest BCUT2D eigenvalue weighted by Crippen LogP contribution is 2.31. The summed E-state index contributed by atoms with van der Waals surface area (Å²) in [5.41, 5.74) is 0. The van der Waals surface area contributed by atoms with E-state index in [-0.39, 0.29) is 9.79 Å². The molecule has 0 heterocycles. The summed E-state index contributed by atoms with van der Waals surface area (Å²) in [5.74, 6) is 0. The first-order chi connectivity index (χ1) is 15.4. The van der Waals surface area contributed by atoms with Crippen LogP contribution in [0.4, 0.5) is 4.39 Å². The zero-order valence-corrected chi connectivity index (χ0v) is 21.6. The van der Waals surface area contributed by atoms with Gasteiger partial charge in [0, 0.05) is 30.4 Å². The predicted octanol–water partition coefficient (Wildman–Crippen LogP) is 6.96. The lowest BCUT2D eigenvalue weighted by molar-refractivity contribution is 0.484. The maximum Gasteiger partial charge on any atom is 0.295 e. The van der Waals surface area contributed by atoms with Crippen LogP contribution in [0.1, 0.15) is 1.37 Å². The Balaban J connectivity index is 0.000000209. The average Bonchev–Trinajstić information content (AvgIpc) is 2.74. The van der Waals surface area contributed by atoms with Crippen molar-refractivity contribution < 1.29 is 27.1 Å². The van der Waals surface area contributed by atoms with E-state index in [1.807, 2.05) is 12.1 Å². The highest BCUT2D eigenvalue weighted by atomic mass is 79.9. The summed E-state index contributed by atoms with van der Waals surface area (Å²) in [5, 5.41) is 2.73. The third kappa shape index (κ3) is 6.27. The van der Waals surface area contributed by atoms with Crippen LogP contribution in [-0.2, 0) is 19.2 Å². The quantitative estimate of drug-likeness (QED) is 0.192. The molecule has 0 amide bonds. The van der Waals surface area contributed by atoms with Crippen LogP contribution in [0.25, 0.3) is 21.5 Å². The van der Waals surface area contributed by atoms with Crippen LogP contribution in [0.5, 0.6) is 0 Å². The van der Waals surface area contributed by atoms with E-state index in [1.165, 1.54) is 12.1 Å². The van der Waals surface area contributed by atoms with Gasteiger partial charge in [-0.2, -0.15) is 8.42 Å². The van der Waals surface area contributed by atoms with Crippen LogP contribution >= 0.6 is 42.5 Å². The molecule has 0 aliphatic heterocycles. The van der Waals surface area contributed by atoms with E-state index in [9.17, 15) is 21.2 Å². The number of rotatable bonds is 2. The van der Waals surface area contributed by atoms with Crippen LogP contribution in [0.2, 0.25) is 0 Å². The molecular weight excluding hydrogens is 611 g/mol. The van der Waals surface area contributed by atoms with Crippen molar-refractivity contribution in [2.75, 3.05) is 7.15 Å².